The van der Waals surface area contributed by atoms with Gasteiger partial charge in [0.2, 0.25) is 0 Å². The summed E-state index contributed by atoms with van der Waals surface area (Å²) in [6, 6.07) is 0. The number of rotatable bonds is 0. The average molecular weight is 147 g/mol. The van der Waals surface area contributed by atoms with E-state index in [1.54, 1.807) is 0 Å². The van der Waals surface area contributed by atoms with Crippen molar-refractivity contribution in [2.45, 2.75) is 0 Å². The molecule has 0 radical (unpaired) electrons. The van der Waals surface area contributed by atoms with Crippen LogP contribution in [0.4, 0.5) is 4.39 Å². The summed E-state index contributed by atoms with van der Waals surface area (Å²) in [6.45, 7) is 0. The van der Waals surface area contributed by atoms with Crippen LogP contribution in [0.1, 0.15) is 0 Å². The first kappa shape index (κ1) is 10.2. The van der Waals surface area contributed by atoms with Gasteiger partial charge < -0.3 is 5.11 Å². The molecule has 0 unspecified atom stereocenters. The van der Waals surface area contributed by atoms with E-state index in [4.69, 9.17) is 5.11 Å². The van der Waals surface area contributed by atoms with E-state index in [0.29, 0.717) is 5.54 Å². The Kier molecular flexibility index (Phi) is 13.9. The van der Waals surface area contributed by atoms with Gasteiger partial charge in [0.1, 0.15) is 0 Å². The minimum atomic E-state index is -0.883. The normalized spacial score (nSPS) is 9.57. The van der Waals surface area contributed by atoms with E-state index < -0.39 is 5.29 Å². The molecule has 0 aliphatic carbocycles. The van der Waals surface area contributed by atoms with Gasteiger partial charge in [-0.3, -0.25) is 0 Å². The summed E-state index contributed by atoms with van der Waals surface area (Å²) in [5, 5.41) is 6.12. The van der Waals surface area contributed by atoms with Crippen LogP contribution in [-0.4, -0.2) is 12.2 Å². The fourth-order valence-electron chi connectivity index (χ4n) is 0. The van der Waals surface area contributed by atoms with Gasteiger partial charge in [-0.1, -0.05) is 23.2 Å². The van der Waals surface area contributed by atoms with E-state index in [9.17, 15) is 4.39 Å². The molecule has 1 nitrogen and oxygen atoms in total. The summed E-state index contributed by atoms with van der Waals surface area (Å²) in [4.78, 5) is 0. The molecule has 0 aromatic rings. The molecule has 0 fully saturated rings. The molecule has 0 amide bonds. The van der Waals surface area contributed by atoms with Gasteiger partial charge in [-0.05, 0) is 0 Å². The third kappa shape index (κ3) is 22.5. The molecule has 0 bridgehead atoms. The van der Waals surface area contributed by atoms with Crippen LogP contribution in [0.25, 0.3) is 0 Å². The second-order valence-corrected chi connectivity index (χ2v) is 0.978. The van der Waals surface area contributed by atoms with Crippen LogP contribution in [0.2, 0.25) is 0 Å². The predicted molar refractivity (Wildman–Crippen MR) is 29.0 cm³/mol. The van der Waals surface area contributed by atoms with Gasteiger partial charge in [0.25, 0.3) is 0 Å². The summed E-state index contributed by atoms with van der Waals surface area (Å²) in [5.74, 6) is 0. The van der Waals surface area contributed by atoms with E-state index in [0.717, 1.165) is 7.11 Å². The van der Waals surface area contributed by atoms with Crippen molar-refractivity contribution >= 4 is 23.2 Å². The Morgan fingerprint density at radius 2 is 1.86 bits per heavy atom. The van der Waals surface area contributed by atoms with Crippen molar-refractivity contribution in [1.82, 2.24) is 0 Å². The summed E-state index contributed by atoms with van der Waals surface area (Å²) < 4.78 is 10.9. The monoisotopic (exact) mass is 146 g/mol. The molecule has 0 atom stereocenters. The predicted octanol–water partition coefficient (Wildman–Crippen LogP) is 1.84. The molecule has 0 aliphatic rings. The highest BCUT2D eigenvalue weighted by molar-refractivity contribution is 6.35. The summed E-state index contributed by atoms with van der Waals surface area (Å²) in [7, 11) is 1.00. The molecule has 1 N–H and O–H groups in total. The molecule has 0 heterocycles. The van der Waals surface area contributed by atoms with Crippen LogP contribution in [0.3, 0.4) is 0 Å². The maximum absolute atomic E-state index is 10.9. The molecule has 0 aromatic heterocycles. The van der Waals surface area contributed by atoms with E-state index >= 15 is 0 Å². The van der Waals surface area contributed by atoms with Crippen LogP contribution in [0, 0.1) is 0 Å². The maximum atomic E-state index is 10.9. The van der Waals surface area contributed by atoms with Crippen molar-refractivity contribution in [3.8, 4) is 0 Å². The van der Waals surface area contributed by atoms with Crippen LogP contribution < -0.4 is 0 Å². The fraction of sp³-hybridized carbons (Fsp3) is 0.333. The van der Waals surface area contributed by atoms with E-state index in [1.807, 2.05) is 0 Å². The highest BCUT2D eigenvalue weighted by Crippen LogP contribution is 2.01. The number of hydrogen-bond acceptors (Lipinski definition) is 1. The number of hydrogen-bond donors (Lipinski definition) is 1. The van der Waals surface area contributed by atoms with Crippen molar-refractivity contribution in [2.24, 2.45) is 0 Å². The Hall–Kier alpha value is 0.210. The van der Waals surface area contributed by atoms with E-state index in [1.165, 1.54) is 0 Å². The molecule has 0 rings (SSSR count). The van der Waals surface area contributed by atoms with Crippen molar-refractivity contribution < 1.29 is 9.50 Å². The average Bonchev–Trinajstić information content (AvgIpc) is 1.73. The number of aliphatic hydroxyl groups excluding tert-OH is 1. The van der Waals surface area contributed by atoms with Gasteiger partial charge in [0.05, 0.1) is 5.54 Å². The lowest BCUT2D eigenvalue weighted by molar-refractivity contribution is 0.399. The zero-order chi connectivity index (χ0) is 6.28. The van der Waals surface area contributed by atoms with Crippen molar-refractivity contribution in [2.75, 3.05) is 7.11 Å². The number of aliphatic hydroxyl groups is 1. The lowest BCUT2D eigenvalue weighted by Crippen LogP contribution is -1.37. The van der Waals surface area contributed by atoms with Crippen LogP contribution >= 0.6 is 23.2 Å². The lowest BCUT2D eigenvalue weighted by atomic mass is 11.2. The van der Waals surface area contributed by atoms with Crippen molar-refractivity contribution in [3.05, 3.63) is 10.8 Å². The smallest absolute Gasteiger partial charge is 0.200 e. The Morgan fingerprint density at radius 1 is 1.71 bits per heavy atom. The van der Waals surface area contributed by atoms with Crippen molar-refractivity contribution in [1.29, 1.82) is 0 Å². The van der Waals surface area contributed by atoms with Gasteiger partial charge in [-0.25, -0.2) is 0 Å². The standard InChI is InChI=1S/C2HCl2F.CH4O/c3-1-2(4)5;1-2/h1H;2H,1H3. The first-order valence-corrected chi connectivity index (χ1v) is 2.15. The molecule has 0 aromatic carbocycles. The summed E-state index contributed by atoms with van der Waals surface area (Å²) in [6.07, 6.45) is 0. The SMILES string of the molecule is CO.FC(Cl)=CCl. The molecule has 0 spiro atoms. The minimum Gasteiger partial charge on any atom is -0.400 e. The first-order chi connectivity index (χ1) is 3.27. The Bertz CT molecular complexity index is 50.9. The maximum Gasteiger partial charge on any atom is 0.200 e. The van der Waals surface area contributed by atoms with Gasteiger partial charge in [-0.15, -0.1) is 0 Å². The Balaban J connectivity index is 0. The zero-order valence-electron chi connectivity index (χ0n) is 3.66. The molecule has 0 saturated heterocycles. The fourth-order valence-corrected chi connectivity index (χ4v) is 0. The lowest BCUT2D eigenvalue weighted by Gasteiger charge is -1.62. The summed E-state index contributed by atoms with van der Waals surface area (Å²) in [5.41, 5.74) is 0.654. The van der Waals surface area contributed by atoms with Crippen LogP contribution in [0.5, 0.6) is 0 Å². The zero-order valence-corrected chi connectivity index (χ0v) is 5.17. The van der Waals surface area contributed by atoms with Crippen LogP contribution in [0.15, 0.2) is 10.8 Å². The molecule has 7 heavy (non-hydrogen) atoms. The minimum absolute atomic E-state index is 0.654. The second kappa shape index (κ2) is 9.51. The molecule has 0 saturated carbocycles. The third-order valence-electron chi connectivity index (χ3n) is 0.0825. The van der Waals surface area contributed by atoms with E-state index in [2.05, 4.69) is 23.2 Å². The Labute approximate surface area is 51.4 Å². The third-order valence-corrected chi connectivity index (χ3v) is 0.495. The molecule has 4 heteroatoms. The van der Waals surface area contributed by atoms with Crippen LogP contribution in [-0.2, 0) is 0 Å². The summed E-state index contributed by atoms with van der Waals surface area (Å²) >= 11 is 9.19. The largest absolute Gasteiger partial charge is 0.400 e. The molecule has 44 valence electrons. The topological polar surface area (TPSA) is 20.2 Å². The Morgan fingerprint density at radius 3 is 1.86 bits per heavy atom. The molecular weight excluding hydrogens is 142 g/mol. The van der Waals surface area contributed by atoms with Gasteiger partial charge in [-0.2, -0.15) is 4.39 Å². The van der Waals surface area contributed by atoms with Gasteiger partial charge >= 0.3 is 0 Å². The highest BCUT2D eigenvalue weighted by atomic mass is 35.5. The van der Waals surface area contributed by atoms with Gasteiger partial charge in [0, 0.05) is 7.11 Å². The van der Waals surface area contributed by atoms with Gasteiger partial charge in [0.15, 0.2) is 5.29 Å². The highest BCUT2D eigenvalue weighted by Gasteiger charge is 1.73. The second-order valence-electron chi connectivity index (χ2n) is 0.399. The molecule has 0 aliphatic heterocycles. The van der Waals surface area contributed by atoms with E-state index in [-0.39, 0.29) is 0 Å². The number of halogens is 3. The van der Waals surface area contributed by atoms with Crippen molar-refractivity contribution in [3.63, 3.8) is 0 Å². The molecular formula is C3H5Cl2FO. The quantitative estimate of drug-likeness (QED) is 0.554. The first-order valence-electron chi connectivity index (χ1n) is 1.33.